The molecule has 1 aromatic heterocycles. The van der Waals surface area contributed by atoms with Gasteiger partial charge in [0.25, 0.3) is 0 Å². The van der Waals surface area contributed by atoms with E-state index in [0.29, 0.717) is 5.69 Å². The quantitative estimate of drug-likeness (QED) is 0.350. The zero-order valence-corrected chi connectivity index (χ0v) is 11.6. The molecule has 0 bridgehead atoms. The van der Waals surface area contributed by atoms with Gasteiger partial charge in [0.2, 0.25) is 17.7 Å². The Bertz CT molecular complexity index is 572. The van der Waals surface area contributed by atoms with Crippen molar-refractivity contribution in [2.45, 2.75) is 18.9 Å². The lowest BCUT2D eigenvalue weighted by Crippen LogP contribution is -2.47. The summed E-state index contributed by atoms with van der Waals surface area (Å²) in [4.78, 5) is 53.2. The molecule has 21 heavy (non-hydrogen) atoms. The summed E-state index contributed by atoms with van der Waals surface area (Å²) in [6, 6.07) is -0.946. The maximum atomic E-state index is 12.4. The molecule has 2 heterocycles. The van der Waals surface area contributed by atoms with E-state index in [1.54, 1.807) is 0 Å². The molecule has 0 spiro atoms. The number of alkyl halides is 1. The number of amides is 3. The number of rotatable bonds is 6. The van der Waals surface area contributed by atoms with Gasteiger partial charge in [0, 0.05) is 24.7 Å². The van der Waals surface area contributed by atoms with Crippen LogP contribution in [0.25, 0.3) is 0 Å². The number of halogens is 1. The highest BCUT2D eigenvalue weighted by Gasteiger charge is 2.39. The van der Waals surface area contributed by atoms with Crippen LogP contribution in [0.5, 0.6) is 0 Å². The lowest BCUT2D eigenvalue weighted by atomic mass is 9.93. The number of H-pyrrole nitrogens is 1. The number of aromatic amines is 1. The van der Waals surface area contributed by atoms with Crippen molar-refractivity contribution >= 4 is 35.1 Å². The summed E-state index contributed by atoms with van der Waals surface area (Å²) in [6.45, 7) is 0. The zero-order chi connectivity index (χ0) is 15.4. The van der Waals surface area contributed by atoms with Crippen molar-refractivity contribution < 1.29 is 19.2 Å². The van der Waals surface area contributed by atoms with E-state index >= 15 is 0 Å². The standard InChI is InChI=1S/C12H13ClN4O4/c13-3-10(19)16-8(1-6-4-14-5-15-6)11(20)7-2-9(18)17-12(7)21/h4-5,7-8H,1-3H2,(H,14,15)(H,16,19)(H,17,18,21)/t7?,8-/m0/s1. The molecule has 0 aliphatic carbocycles. The Hall–Kier alpha value is -2.22. The van der Waals surface area contributed by atoms with Gasteiger partial charge in [0.1, 0.15) is 11.8 Å². The van der Waals surface area contributed by atoms with Gasteiger partial charge in [-0.05, 0) is 0 Å². The van der Waals surface area contributed by atoms with Crippen LogP contribution in [-0.2, 0) is 25.6 Å². The second-order valence-electron chi connectivity index (χ2n) is 4.61. The molecule has 112 valence electrons. The largest absolute Gasteiger partial charge is 0.348 e. The van der Waals surface area contributed by atoms with Crippen molar-refractivity contribution in [3.05, 3.63) is 18.2 Å². The number of hydrogen-bond acceptors (Lipinski definition) is 5. The van der Waals surface area contributed by atoms with Crippen LogP contribution in [0.3, 0.4) is 0 Å². The predicted molar refractivity (Wildman–Crippen MR) is 71.2 cm³/mol. The topological polar surface area (TPSA) is 121 Å². The van der Waals surface area contributed by atoms with Gasteiger partial charge in [0.15, 0.2) is 5.78 Å². The highest BCUT2D eigenvalue weighted by Crippen LogP contribution is 2.15. The first kappa shape index (κ1) is 15.2. The van der Waals surface area contributed by atoms with E-state index in [1.807, 2.05) is 0 Å². The van der Waals surface area contributed by atoms with E-state index < -0.39 is 35.5 Å². The molecule has 0 saturated carbocycles. The van der Waals surface area contributed by atoms with Gasteiger partial charge in [-0.1, -0.05) is 0 Å². The Balaban J connectivity index is 2.13. The lowest BCUT2D eigenvalue weighted by molar-refractivity contribution is -0.135. The van der Waals surface area contributed by atoms with Crippen LogP contribution in [0.2, 0.25) is 0 Å². The number of carbonyl (C=O) groups is 4. The van der Waals surface area contributed by atoms with E-state index in [2.05, 4.69) is 20.6 Å². The highest BCUT2D eigenvalue weighted by molar-refractivity contribution is 6.27. The minimum atomic E-state index is -1.08. The van der Waals surface area contributed by atoms with Crippen molar-refractivity contribution in [1.29, 1.82) is 0 Å². The Labute approximate surface area is 124 Å². The fourth-order valence-corrected chi connectivity index (χ4v) is 2.18. The summed E-state index contributed by atoms with van der Waals surface area (Å²) in [5, 5.41) is 4.53. The number of hydrogen-bond donors (Lipinski definition) is 3. The molecule has 1 aliphatic rings. The maximum absolute atomic E-state index is 12.4. The Morgan fingerprint density at radius 1 is 1.48 bits per heavy atom. The van der Waals surface area contributed by atoms with E-state index in [9.17, 15) is 19.2 Å². The molecule has 3 N–H and O–H groups in total. The minimum absolute atomic E-state index is 0.138. The number of nitrogens with zero attached hydrogens (tertiary/aromatic N) is 1. The summed E-state index contributed by atoms with van der Waals surface area (Å²) in [5.41, 5.74) is 0.618. The Morgan fingerprint density at radius 2 is 2.24 bits per heavy atom. The molecule has 8 nitrogen and oxygen atoms in total. The number of aromatic nitrogens is 2. The van der Waals surface area contributed by atoms with E-state index in [-0.39, 0.29) is 18.7 Å². The van der Waals surface area contributed by atoms with Gasteiger partial charge in [-0.25, -0.2) is 4.98 Å². The molecule has 0 radical (unpaired) electrons. The van der Waals surface area contributed by atoms with E-state index in [4.69, 9.17) is 11.6 Å². The van der Waals surface area contributed by atoms with E-state index in [0.717, 1.165) is 0 Å². The number of carbonyl (C=O) groups excluding carboxylic acids is 4. The molecule has 1 aromatic rings. The second-order valence-corrected chi connectivity index (χ2v) is 4.87. The van der Waals surface area contributed by atoms with Crippen LogP contribution in [0.4, 0.5) is 0 Å². The van der Waals surface area contributed by atoms with Crippen LogP contribution >= 0.6 is 11.6 Å². The van der Waals surface area contributed by atoms with Crippen LogP contribution in [0.15, 0.2) is 12.5 Å². The molecule has 1 unspecified atom stereocenters. The number of ketones is 1. The Morgan fingerprint density at radius 3 is 2.76 bits per heavy atom. The SMILES string of the molecule is O=C1CC(C(=O)[C@H](Cc2cnc[nH]2)NC(=O)CCl)C(=O)N1. The van der Waals surface area contributed by atoms with Crippen LogP contribution < -0.4 is 10.6 Å². The molecule has 0 aromatic carbocycles. The molecule has 3 amide bonds. The molecule has 1 aliphatic heterocycles. The fraction of sp³-hybridized carbons (Fsp3) is 0.417. The highest BCUT2D eigenvalue weighted by atomic mass is 35.5. The van der Waals surface area contributed by atoms with Gasteiger partial charge in [-0.3, -0.25) is 24.5 Å². The number of imide groups is 1. The first-order valence-corrected chi connectivity index (χ1v) is 6.74. The van der Waals surface area contributed by atoms with E-state index in [1.165, 1.54) is 12.5 Å². The van der Waals surface area contributed by atoms with Crippen molar-refractivity contribution in [3.63, 3.8) is 0 Å². The summed E-state index contributed by atoms with van der Waals surface area (Å²) >= 11 is 5.42. The van der Waals surface area contributed by atoms with Crippen molar-refractivity contribution in [2.75, 3.05) is 5.88 Å². The first-order valence-electron chi connectivity index (χ1n) is 6.21. The maximum Gasteiger partial charge on any atom is 0.237 e. The van der Waals surface area contributed by atoms with Crippen molar-refractivity contribution in [3.8, 4) is 0 Å². The van der Waals surface area contributed by atoms with Crippen molar-refractivity contribution in [1.82, 2.24) is 20.6 Å². The third kappa shape index (κ3) is 3.66. The number of nitrogens with one attached hydrogen (secondary N) is 3. The molecule has 2 rings (SSSR count). The molecule has 1 saturated heterocycles. The summed E-state index contributed by atoms with van der Waals surface area (Å²) in [7, 11) is 0. The van der Waals surface area contributed by atoms with Crippen molar-refractivity contribution in [2.24, 2.45) is 5.92 Å². The third-order valence-electron chi connectivity index (χ3n) is 3.09. The minimum Gasteiger partial charge on any atom is -0.348 e. The first-order chi connectivity index (χ1) is 10.0. The third-order valence-corrected chi connectivity index (χ3v) is 3.33. The second kappa shape index (κ2) is 6.49. The van der Waals surface area contributed by atoms with Crippen LogP contribution in [0.1, 0.15) is 12.1 Å². The average Bonchev–Trinajstić information content (AvgIpc) is 3.06. The summed E-state index contributed by atoms with van der Waals surface area (Å²) < 4.78 is 0. The molecule has 1 fully saturated rings. The molecular weight excluding hydrogens is 300 g/mol. The monoisotopic (exact) mass is 312 g/mol. The number of imidazole rings is 1. The molecule has 9 heteroatoms. The predicted octanol–water partition coefficient (Wildman–Crippen LogP) is -1.09. The van der Waals surface area contributed by atoms with Gasteiger partial charge < -0.3 is 10.3 Å². The van der Waals surface area contributed by atoms with Crippen LogP contribution in [-0.4, -0.2) is 45.4 Å². The van der Waals surface area contributed by atoms with Crippen LogP contribution in [0, 0.1) is 5.92 Å². The average molecular weight is 313 g/mol. The molecular formula is C12H13ClN4O4. The van der Waals surface area contributed by atoms with Gasteiger partial charge >= 0.3 is 0 Å². The van der Waals surface area contributed by atoms with Gasteiger partial charge in [-0.15, -0.1) is 11.6 Å². The Kier molecular flexibility index (Phi) is 4.69. The summed E-state index contributed by atoms with van der Waals surface area (Å²) in [5.74, 6) is -3.57. The van der Waals surface area contributed by atoms with Gasteiger partial charge in [-0.2, -0.15) is 0 Å². The molecule has 2 atom stereocenters. The number of Topliss-reactive ketones (excluding diaryl/α,β-unsaturated/α-hetero) is 1. The van der Waals surface area contributed by atoms with Gasteiger partial charge in [0.05, 0.1) is 12.4 Å². The zero-order valence-electron chi connectivity index (χ0n) is 10.9. The normalized spacial score (nSPS) is 19.2. The lowest BCUT2D eigenvalue weighted by Gasteiger charge is -2.18. The smallest absolute Gasteiger partial charge is 0.237 e. The fourth-order valence-electron chi connectivity index (χ4n) is 2.10. The summed E-state index contributed by atoms with van der Waals surface area (Å²) in [6.07, 6.45) is 2.88.